The quantitative estimate of drug-likeness (QED) is 0.485. The van der Waals surface area contributed by atoms with Crippen molar-refractivity contribution < 1.29 is 9.47 Å². The molecule has 0 bridgehead atoms. The molecule has 1 N–H and O–H groups in total. The van der Waals surface area contributed by atoms with Gasteiger partial charge >= 0.3 is 0 Å². The number of methoxy groups -OCH3 is 1. The molecule has 1 aromatic heterocycles. The predicted octanol–water partition coefficient (Wildman–Crippen LogP) is 3.99. The fourth-order valence-corrected chi connectivity index (χ4v) is 3.93. The van der Waals surface area contributed by atoms with Crippen LogP contribution in [0.25, 0.3) is 0 Å². The molecule has 146 valence electrons. The van der Waals surface area contributed by atoms with Gasteiger partial charge in [0, 0.05) is 38.4 Å². The summed E-state index contributed by atoms with van der Waals surface area (Å²) in [6, 6.07) is 16.6. The number of nitrogens with one attached hydrogen (secondary N) is 1. The van der Waals surface area contributed by atoms with Gasteiger partial charge in [-0.3, -0.25) is 0 Å². The van der Waals surface area contributed by atoms with Crippen LogP contribution in [0.3, 0.4) is 0 Å². The standard InChI is InChI=1S/C22H25N3O2S/c1-26-20-7-8-21-18(14-20)13-19(16-27-21)25-12-11-24(22(25)28)10-9-23-15-17-5-3-2-4-6-17/h2-8,11-12,14,19,23H,9-10,13,15-16H2,1H3. The van der Waals surface area contributed by atoms with E-state index in [0.717, 1.165) is 47.9 Å². The molecular weight excluding hydrogens is 370 g/mol. The van der Waals surface area contributed by atoms with E-state index in [0.29, 0.717) is 6.61 Å². The highest BCUT2D eigenvalue weighted by atomic mass is 32.1. The molecule has 1 aliphatic heterocycles. The molecular formula is C22H25N3O2S. The Hall–Kier alpha value is -2.57. The topological polar surface area (TPSA) is 40.3 Å². The van der Waals surface area contributed by atoms with Crippen LogP contribution >= 0.6 is 12.2 Å². The molecule has 0 aliphatic carbocycles. The number of fused-ring (bicyclic) bond motifs is 1. The minimum atomic E-state index is 0.200. The van der Waals surface area contributed by atoms with Crippen molar-refractivity contribution in [3.63, 3.8) is 0 Å². The van der Waals surface area contributed by atoms with Gasteiger partial charge in [-0.1, -0.05) is 30.3 Å². The minimum Gasteiger partial charge on any atom is -0.497 e. The lowest BCUT2D eigenvalue weighted by molar-refractivity contribution is 0.221. The van der Waals surface area contributed by atoms with Gasteiger partial charge in [0.05, 0.1) is 13.2 Å². The second-order valence-corrected chi connectivity index (χ2v) is 7.35. The van der Waals surface area contributed by atoms with Crippen LogP contribution in [0.15, 0.2) is 60.9 Å². The van der Waals surface area contributed by atoms with Gasteiger partial charge in [-0.2, -0.15) is 0 Å². The zero-order valence-electron chi connectivity index (χ0n) is 16.0. The lowest BCUT2D eigenvalue weighted by atomic mass is 10.0. The van der Waals surface area contributed by atoms with Gasteiger partial charge in [0.2, 0.25) is 0 Å². The lowest BCUT2D eigenvalue weighted by Crippen LogP contribution is -2.25. The van der Waals surface area contributed by atoms with Crippen LogP contribution in [0, 0.1) is 4.77 Å². The van der Waals surface area contributed by atoms with E-state index in [9.17, 15) is 0 Å². The van der Waals surface area contributed by atoms with E-state index >= 15 is 0 Å². The summed E-state index contributed by atoms with van der Waals surface area (Å²) in [6.45, 7) is 3.21. The second-order valence-electron chi connectivity index (χ2n) is 6.99. The minimum absolute atomic E-state index is 0.200. The first kappa shape index (κ1) is 18.8. The number of rotatable bonds is 7. The van der Waals surface area contributed by atoms with E-state index in [1.54, 1.807) is 7.11 Å². The molecule has 28 heavy (non-hydrogen) atoms. The lowest BCUT2D eigenvalue weighted by Gasteiger charge is -2.26. The highest BCUT2D eigenvalue weighted by Crippen LogP contribution is 2.32. The monoisotopic (exact) mass is 395 g/mol. The molecule has 5 nitrogen and oxygen atoms in total. The Bertz CT molecular complexity index is 981. The van der Waals surface area contributed by atoms with E-state index in [1.165, 1.54) is 5.56 Å². The molecule has 6 heteroatoms. The molecule has 0 fully saturated rings. The molecule has 1 aliphatic rings. The Morgan fingerprint density at radius 2 is 2.04 bits per heavy atom. The molecule has 0 radical (unpaired) electrons. The van der Waals surface area contributed by atoms with Gasteiger partial charge < -0.3 is 23.9 Å². The fraction of sp³-hybridized carbons (Fsp3) is 0.318. The summed E-state index contributed by atoms with van der Waals surface area (Å²) in [6.07, 6.45) is 5.02. The number of aromatic nitrogens is 2. The van der Waals surface area contributed by atoms with E-state index in [4.69, 9.17) is 21.7 Å². The molecule has 4 rings (SSSR count). The number of nitrogens with zero attached hydrogens (tertiary/aromatic N) is 2. The summed E-state index contributed by atoms with van der Waals surface area (Å²) in [5.41, 5.74) is 2.45. The Balaban J connectivity index is 1.37. The summed E-state index contributed by atoms with van der Waals surface area (Å²) in [5, 5.41) is 3.48. The van der Waals surface area contributed by atoms with Crippen LogP contribution in [0.2, 0.25) is 0 Å². The Morgan fingerprint density at radius 3 is 2.86 bits per heavy atom. The summed E-state index contributed by atoms with van der Waals surface area (Å²) >= 11 is 5.71. The average molecular weight is 396 g/mol. The van der Waals surface area contributed by atoms with Crippen LogP contribution in [-0.4, -0.2) is 29.4 Å². The third kappa shape index (κ3) is 4.13. The number of benzene rings is 2. The van der Waals surface area contributed by atoms with Gasteiger partial charge in [0.15, 0.2) is 4.77 Å². The van der Waals surface area contributed by atoms with Crippen LogP contribution in [-0.2, 0) is 19.5 Å². The second kappa shape index (κ2) is 8.63. The molecule has 0 spiro atoms. The largest absolute Gasteiger partial charge is 0.497 e. The summed E-state index contributed by atoms with van der Waals surface area (Å²) in [7, 11) is 1.69. The molecule has 0 saturated heterocycles. The van der Waals surface area contributed by atoms with E-state index < -0.39 is 0 Å². The Morgan fingerprint density at radius 1 is 1.18 bits per heavy atom. The van der Waals surface area contributed by atoms with Crippen molar-refractivity contribution in [3.8, 4) is 11.5 Å². The maximum atomic E-state index is 5.96. The number of ether oxygens (including phenoxy) is 2. The number of hydrogen-bond acceptors (Lipinski definition) is 4. The van der Waals surface area contributed by atoms with Crippen molar-refractivity contribution >= 4 is 12.2 Å². The third-order valence-electron chi connectivity index (χ3n) is 5.12. The van der Waals surface area contributed by atoms with Crippen LogP contribution in [0.5, 0.6) is 11.5 Å². The van der Waals surface area contributed by atoms with Crippen molar-refractivity contribution in [1.82, 2.24) is 14.5 Å². The average Bonchev–Trinajstić information content (AvgIpc) is 3.11. The maximum absolute atomic E-state index is 5.96. The summed E-state index contributed by atoms with van der Waals surface area (Å²) in [4.78, 5) is 0. The maximum Gasteiger partial charge on any atom is 0.180 e. The molecule has 0 amide bonds. The van der Waals surface area contributed by atoms with Crippen molar-refractivity contribution in [2.75, 3.05) is 20.3 Å². The zero-order valence-corrected chi connectivity index (χ0v) is 16.8. The Kier molecular flexibility index (Phi) is 5.78. The van der Waals surface area contributed by atoms with Crippen LogP contribution in [0.4, 0.5) is 0 Å². The van der Waals surface area contributed by atoms with Crippen LogP contribution in [0.1, 0.15) is 17.2 Å². The van der Waals surface area contributed by atoms with Gasteiger partial charge in [-0.05, 0) is 41.5 Å². The first-order chi connectivity index (χ1) is 13.7. The fourth-order valence-electron chi connectivity index (χ4n) is 3.56. The van der Waals surface area contributed by atoms with Gasteiger partial charge in [-0.15, -0.1) is 0 Å². The molecule has 1 unspecified atom stereocenters. The van der Waals surface area contributed by atoms with E-state index in [2.05, 4.69) is 57.2 Å². The SMILES string of the molecule is COc1ccc2c(c1)CC(n1ccn(CCNCc3ccccc3)c1=S)CO2. The third-order valence-corrected chi connectivity index (χ3v) is 5.57. The normalized spacial score (nSPS) is 15.7. The number of imidazole rings is 1. The predicted molar refractivity (Wildman–Crippen MR) is 113 cm³/mol. The van der Waals surface area contributed by atoms with E-state index in [1.807, 2.05) is 18.2 Å². The zero-order chi connectivity index (χ0) is 19.3. The van der Waals surface area contributed by atoms with Crippen LogP contribution < -0.4 is 14.8 Å². The summed E-state index contributed by atoms with van der Waals surface area (Å²) < 4.78 is 16.4. The number of hydrogen-bond donors (Lipinski definition) is 1. The van der Waals surface area contributed by atoms with Gasteiger partial charge in [0.1, 0.15) is 18.1 Å². The smallest absolute Gasteiger partial charge is 0.180 e. The van der Waals surface area contributed by atoms with Crippen molar-refractivity contribution in [2.45, 2.75) is 25.6 Å². The first-order valence-corrected chi connectivity index (χ1v) is 9.97. The summed E-state index contributed by atoms with van der Waals surface area (Å²) in [5.74, 6) is 1.79. The molecule has 2 heterocycles. The molecule has 2 aromatic carbocycles. The van der Waals surface area contributed by atoms with Crippen molar-refractivity contribution in [3.05, 3.63) is 76.8 Å². The molecule has 1 atom stereocenters. The van der Waals surface area contributed by atoms with Crippen molar-refractivity contribution in [1.29, 1.82) is 0 Å². The molecule has 0 saturated carbocycles. The van der Waals surface area contributed by atoms with E-state index in [-0.39, 0.29) is 6.04 Å². The van der Waals surface area contributed by atoms with Gasteiger partial charge in [0.25, 0.3) is 0 Å². The van der Waals surface area contributed by atoms with Crippen molar-refractivity contribution in [2.24, 2.45) is 0 Å². The molecule has 3 aromatic rings. The first-order valence-electron chi connectivity index (χ1n) is 9.56. The highest BCUT2D eigenvalue weighted by Gasteiger charge is 2.22. The Labute approximate surface area is 170 Å². The highest BCUT2D eigenvalue weighted by molar-refractivity contribution is 7.71. The van der Waals surface area contributed by atoms with Gasteiger partial charge in [-0.25, -0.2) is 0 Å².